The van der Waals surface area contributed by atoms with Crippen molar-refractivity contribution in [1.29, 1.82) is 0 Å². The van der Waals surface area contributed by atoms with Crippen LogP contribution in [-0.2, 0) is 14.6 Å². The Morgan fingerprint density at radius 2 is 1.78 bits per heavy atom. The first-order chi connectivity index (χ1) is 21.2. The maximum Gasteiger partial charge on any atom is 0.501 e. The predicted octanol–water partition coefficient (Wildman–Crippen LogP) is 4.81. The normalized spacial score (nSPS) is 20.5. The number of carboxylic acids is 1. The lowest BCUT2D eigenvalue weighted by Crippen LogP contribution is -2.48. The van der Waals surface area contributed by atoms with E-state index in [-0.39, 0.29) is 45.7 Å². The van der Waals surface area contributed by atoms with Crippen molar-refractivity contribution >= 4 is 33.5 Å². The molecule has 1 aromatic heterocycles. The molecule has 1 unspecified atom stereocenters. The van der Waals surface area contributed by atoms with Crippen LogP contribution in [-0.4, -0.2) is 61.2 Å². The Bertz CT molecular complexity index is 1830. The smallest absolute Gasteiger partial charge is 0.496 e. The number of benzene rings is 2. The lowest BCUT2D eigenvalue weighted by molar-refractivity contribution is -0.0436. The fraction of sp³-hybridized carbons (Fsp3) is 0.241. The maximum absolute atomic E-state index is 15.0. The van der Waals surface area contributed by atoms with Gasteiger partial charge >= 0.3 is 17.6 Å². The summed E-state index contributed by atoms with van der Waals surface area (Å²) in [7, 11) is -4.43. The molecule has 236 valence electrons. The number of amides is 2. The average molecular weight is 650 g/mol. The van der Waals surface area contributed by atoms with Crippen molar-refractivity contribution < 1.29 is 54.9 Å². The minimum atomic E-state index is -5.66. The van der Waals surface area contributed by atoms with Gasteiger partial charge in [-0.2, -0.15) is 13.2 Å². The third kappa shape index (κ3) is 6.18. The second-order valence-electron chi connectivity index (χ2n) is 10.2. The number of pyridine rings is 1. The zero-order chi connectivity index (χ0) is 32.7. The van der Waals surface area contributed by atoms with Crippen LogP contribution in [0.1, 0.15) is 27.3 Å². The number of ether oxygens (including phenoxy) is 2. The zero-order valence-electron chi connectivity index (χ0n) is 23.0. The number of fused-ring (bicyclic) bond motifs is 2. The SMILES string of the molecule is COc1cc(F)c(-c2ccnc(C(=O)O)c2)cc1C(=O)N[C@H]1C(OC(=O)Nc2cccc(S(=O)(=O)C(F)(F)F)c2)[C@@H]2C=C[C@H]1C2. The number of sulfone groups is 1. The maximum atomic E-state index is 15.0. The number of alkyl halides is 3. The number of hydrogen-bond donors (Lipinski definition) is 3. The molecule has 2 aromatic carbocycles. The number of carboxylic acid groups (broad SMARTS) is 1. The van der Waals surface area contributed by atoms with Crippen LogP contribution >= 0.6 is 0 Å². The highest BCUT2D eigenvalue weighted by Gasteiger charge is 2.48. The summed E-state index contributed by atoms with van der Waals surface area (Å²) in [5.41, 5.74) is -6.20. The molecule has 5 rings (SSSR count). The van der Waals surface area contributed by atoms with E-state index in [0.29, 0.717) is 12.5 Å². The molecule has 0 aliphatic heterocycles. The Morgan fingerprint density at radius 3 is 2.47 bits per heavy atom. The van der Waals surface area contributed by atoms with E-state index in [0.717, 1.165) is 24.3 Å². The number of aromatic nitrogens is 1. The van der Waals surface area contributed by atoms with Crippen LogP contribution in [0, 0.1) is 17.7 Å². The largest absolute Gasteiger partial charge is 0.501 e. The molecule has 1 saturated carbocycles. The summed E-state index contributed by atoms with van der Waals surface area (Å²) in [5.74, 6) is -3.54. The second-order valence-corrected chi connectivity index (χ2v) is 12.1. The van der Waals surface area contributed by atoms with Crippen LogP contribution in [0.25, 0.3) is 11.1 Å². The molecule has 1 heterocycles. The third-order valence-electron chi connectivity index (χ3n) is 7.45. The number of rotatable bonds is 8. The van der Waals surface area contributed by atoms with Crippen molar-refractivity contribution in [3.05, 3.63) is 84.0 Å². The number of anilines is 1. The summed E-state index contributed by atoms with van der Waals surface area (Å²) in [6.45, 7) is 0. The zero-order valence-corrected chi connectivity index (χ0v) is 23.9. The summed E-state index contributed by atoms with van der Waals surface area (Å²) in [5, 5.41) is 14.3. The lowest BCUT2D eigenvalue weighted by Gasteiger charge is -2.29. The Labute approximate surface area is 252 Å². The van der Waals surface area contributed by atoms with Gasteiger partial charge in [-0.15, -0.1) is 0 Å². The van der Waals surface area contributed by atoms with Crippen LogP contribution < -0.4 is 15.4 Å². The third-order valence-corrected chi connectivity index (χ3v) is 8.93. The van der Waals surface area contributed by atoms with Crippen molar-refractivity contribution in [3.8, 4) is 16.9 Å². The number of halogens is 4. The highest BCUT2D eigenvalue weighted by Crippen LogP contribution is 2.42. The van der Waals surface area contributed by atoms with Gasteiger partial charge in [0.2, 0.25) is 0 Å². The number of hydrogen-bond acceptors (Lipinski definition) is 8. The number of carbonyl (C=O) groups excluding carboxylic acids is 2. The van der Waals surface area contributed by atoms with Crippen molar-refractivity contribution in [1.82, 2.24) is 10.3 Å². The quantitative estimate of drug-likeness (QED) is 0.230. The van der Waals surface area contributed by atoms with Crippen molar-refractivity contribution in [2.24, 2.45) is 11.8 Å². The number of methoxy groups -OCH3 is 1. The molecule has 0 spiro atoms. The van der Waals surface area contributed by atoms with Crippen LogP contribution in [0.5, 0.6) is 5.75 Å². The van der Waals surface area contributed by atoms with E-state index in [1.165, 1.54) is 31.5 Å². The monoisotopic (exact) mass is 649 g/mol. The molecule has 16 heteroatoms. The molecule has 2 aliphatic rings. The minimum absolute atomic E-state index is 0.0966. The van der Waals surface area contributed by atoms with Crippen LogP contribution in [0.2, 0.25) is 0 Å². The topological polar surface area (TPSA) is 161 Å². The van der Waals surface area contributed by atoms with Gasteiger partial charge in [0.25, 0.3) is 15.7 Å². The highest BCUT2D eigenvalue weighted by molar-refractivity contribution is 7.92. The van der Waals surface area contributed by atoms with Gasteiger partial charge in [0.1, 0.15) is 23.4 Å². The number of nitrogens with zero attached hydrogens (tertiary/aromatic N) is 1. The molecule has 3 N–H and O–H groups in total. The fourth-order valence-electron chi connectivity index (χ4n) is 5.34. The van der Waals surface area contributed by atoms with Gasteiger partial charge in [0.15, 0.2) is 0 Å². The van der Waals surface area contributed by atoms with E-state index in [1.54, 1.807) is 6.08 Å². The van der Waals surface area contributed by atoms with Crippen LogP contribution in [0.4, 0.5) is 28.0 Å². The van der Waals surface area contributed by atoms with Gasteiger partial charge in [-0.3, -0.25) is 10.1 Å². The summed E-state index contributed by atoms with van der Waals surface area (Å²) in [4.78, 5) is 40.3. The van der Waals surface area contributed by atoms with E-state index in [9.17, 15) is 41.1 Å². The van der Waals surface area contributed by atoms with Crippen LogP contribution in [0.15, 0.2) is 71.8 Å². The van der Waals surface area contributed by atoms with Gasteiger partial charge in [0, 0.05) is 35.3 Å². The summed E-state index contributed by atoms with van der Waals surface area (Å²) in [6.07, 6.45) is 3.29. The molecule has 3 aromatic rings. The molecule has 45 heavy (non-hydrogen) atoms. The molecule has 2 aliphatic carbocycles. The first-order valence-corrected chi connectivity index (χ1v) is 14.6. The number of nitrogens with one attached hydrogen (secondary N) is 2. The van der Waals surface area contributed by atoms with Gasteiger partial charge < -0.3 is 19.9 Å². The van der Waals surface area contributed by atoms with Crippen molar-refractivity contribution in [3.63, 3.8) is 0 Å². The predicted molar refractivity (Wildman–Crippen MR) is 149 cm³/mol. The molecule has 2 bridgehead atoms. The molecule has 1 fully saturated rings. The fourth-order valence-corrected chi connectivity index (χ4v) is 6.15. The molecule has 11 nitrogen and oxygen atoms in total. The Morgan fingerprint density at radius 1 is 1.04 bits per heavy atom. The van der Waals surface area contributed by atoms with E-state index in [1.807, 2.05) is 6.08 Å². The Hall–Kier alpha value is -4.99. The number of carbonyl (C=O) groups is 3. The highest BCUT2D eigenvalue weighted by atomic mass is 32.2. The Kier molecular flexibility index (Phi) is 8.27. The van der Waals surface area contributed by atoms with Crippen molar-refractivity contribution in [2.45, 2.75) is 29.0 Å². The summed E-state index contributed by atoms with van der Waals surface area (Å²) >= 11 is 0. The summed E-state index contributed by atoms with van der Waals surface area (Å²) in [6, 6.07) is 7.49. The second kappa shape index (κ2) is 11.8. The van der Waals surface area contributed by atoms with Crippen LogP contribution in [0.3, 0.4) is 0 Å². The first-order valence-electron chi connectivity index (χ1n) is 13.1. The molecular formula is C29H23F4N3O8S. The summed E-state index contributed by atoms with van der Waals surface area (Å²) < 4.78 is 88.2. The molecule has 2 amide bonds. The van der Waals surface area contributed by atoms with E-state index in [2.05, 4.69) is 15.6 Å². The standard InChI is InChI=1S/C29H23F4N3O8S/c1-43-23-13-21(30)19(14-7-8-34-22(10-14)27(38)39)12-20(23)26(37)36-24-15-5-6-16(9-15)25(24)44-28(40)35-17-3-2-4-18(11-17)45(41,42)29(31,32)33/h2-8,10-13,15-16,24-25H,9H2,1H3,(H,35,40)(H,36,37)(H,38,39)/t15-,16+,24+,25?/m0/s1. The van der Waals surface area contributed by atoms with E-state index < -0.39 is 56.2 Å². The van der Waals surface area contributed by atoms with Gasteiger partial charge in [-0.25, -0.2) is 27.4 Å². The van der Waals surface area contributed by atoms with E-state index >= 15 is 4.39 Å². The average Bonchev–Trinajstić information content (AvgIpc) is 3.59. The molecule has 0 radical (unpaired) electrons. The van der Waals surface area contributed by atoms with Gasteiger partial charge in [-0.1, -0.05) is 18.2 Å². The first kappa shape index (κ1) is 31.4. The molecular weight excluding hydrogens is 626 g/mol. The van der Waals surface area contributed by atoms with Crippen molar-refractivity contribution in [2.75, 3.05) is 12.4 Å². The number of aromatic carboxylic acids is 1. The Balaban J connectivity index is 1.35. The van der Waals surface area contributed by atoms with Gasteiger partial charge in [-0.05, 0) is 48.4 Å². The van der Waals surface area contributed by atoms with Gasteiger partial charge in [0.05, 0.1) is 23.6 Å². The van der Waals surface area contributed by atoms with E-state index in [4.69, 9.17) is 9.47 Å². The minimum Gasteiger partial charge on any atom is -0.496 e. The lowest BCUT2D eigenvalue weighted by atomic mass is 9.97. The molecule has 4 atom stereocenters. The molecule has 0 saturated heterocycles.